The number of aliphatic hydroxyl groups is 1. The molecular formula is C63H80N14O9. The average molecular weight is 1180 g/mol. The van der Waals surface area contributed by atoms with Gasteiger partial charge in [-0.25, -0.2) is 29.0 Å². The van der Waals surface area contributed by atoms with Crippen LogP contribution in [0.4, 0.5) is 16.3 Å². The molecule has 7 aliphatic heterocycles. The molecule has 0 unspecified atom stereocenters. The van der Waals surface area contributed by atoms with Crippen molar-refractivity contribution in [2.24, 2.45) is 11.5 Å². The summed E-state index contributed by atoms with van der Waals surface area (Å²) in [4.78, 5) is 56.6. The number of alkyl carbamates (subject to hydrolysis) is 1. The van der Waals surface area contributed by atoms with Crippen LogP contribution in [0.25, 0.3) is 16.7 Å². The van der Waals surface area contributed by atoms with Crippen molar-refractivity contribution >= 4 is 46.2 Å². The van der Waals surface area contributed by atoms with Gasteiger partial charge in [0.1, 0.15) is 60.8 Å². The van der Waals surface area contributed by atoms with E-state index in [1.807, 2.05) is 17.0 Å². The van der Waals surface area contributed by atoms with Gasteiger partial charge in [0.15, 0.2) is 17.7 Å². The number of nitrogen functional groups attached to an aromatic ring is 1. The first kappa shape index (κ1) is 58.8. The summed E-state index contributed by atoms with van der Waals surface area (Å²) in [6.07, 6.45) is 13.6. The molecule has 0 aliphatic carbocycles. The fraction of sp³-hybridized carbons (Fsp3) is 0.524. The number of benzene rings is 3. The Balaban J connectivity index is 0.00000724. The number of aromatic nitrogens is 7. The lowest BCUT2D eigenvalue weighted by Gasteiger charge is -2.39. The van der Waals surface area contributed by atoms with Crippen molar-refractivity contribution in [3.8, 4) is 11.5 Å². The Kier molecular flexibility index (Phi) is 17.4. The van der Waals surface area contributed by atoms with Gasteiger partial charge in [-0.15, -0.1) is 5.10 Å². The van der Waals surface area contributed by atoms with E-state index in [0.717, 1.165) is 137 Å². The number of hydrogen-bond donors (Lipinski definition) is 6. The average Bonchev–Trinajstić information content (AvgIpc) is 1.01. The summed E-state index contributed by atoms with van der Waals surface area (Å²) < 4.78 is 31.9. The van der Waals surface area contributed by atoms with E-state index >= 15 is 0 Å². The van der Waals surface area contributed by atoms with Gasteiger partial charge < -0.3 is 68.9 Å². The third-order valence-corrected chi connectivity index (χ3v) is 18.5. The number of aliphatic carboxylic acids is 1. The second-order valence-electron chi connectivity index (χ2n) is 24.0. The standard InChI is InChI=1S/C62H76N14O9.CH3/c63-38(17-18-47(64)61(79)80)31-48-56(53(77)60(84-48)75-35-69-50-57(65)67-34-68-58(50)75)82-33-39-32-70-71-76(39)26-6-2-1-5-21-66-62(81)83-40-19-27-74(28-20-40)59(78)42-14-4-3-13-41(42)49-45-29-36-11-7-22-72-24-9-15-43(51(36)72)54(45)85-55-44-16-10-25-73-23-8-12-37(52(44)73)30-46(49)55;/h3-4,13-14,29-30,32,34-35,38,40,47-48,53,56,60,77H,1-2,5-12,15-28,31,33,63-64H2,(H3-,65,66,67,68,79,80,81);1H3/q;-1/p+1/t38-,47-,48+,53+,56+,60+;/m0./s1. The molecule has 6 aromatic rings. The van der Waals surface area contributed by atoms with Gasteiger partial charge >= 0.3 is 12.1 Å². The number of unbranched alkanes of at least 4 members (excludes halogenated alkanes) is 3. The number of anilines is 2. The highest BCUT2D eigenvalue weighted by molar-refractivity contribution is 6.02. The van der Waals surface area contributed by atoms with Crippen LogP contribution in [0, 0.1) is 7.43 Å². The number of likely N-dealkylation sites (tertiary alicyclic amines) is 1. The number of piperidine rings is 1. The molecule has 0 spiro atoms. The number of aryl methyl sites for hydroxylation is 3. The minimum atomic E-state index is -1.17. The largest absolute Gasteiger partial charge is 0.480 e. The Morgan fingerprint density at radius 1 is 0.872 bits per heavy atom. The molecule has 9 N–H and O–H groups in total. The zero-order valence-electron chi connectivity index (χ0n) is 49.1. The van der Waals surface area contributed by atoms with E-state index in [9.17, 15) is 24.6 Å². The van der Waals surface area contributed by atoms with Crippen LogP contribution in [0.3, 0.4) is 0 Å². The predicted molar refractivity (Wildman–Crippen MR) is 321 cm³/mol. The van der Waals surface area contributed by atoms with Gasteiger partial charge in [-0.3, -0.25) is 14.2 Å². The van der Waals surface area contributed by atoms with Crippen LogP contribution in [0.15, 0.2) is 55.2 Å². The number of rotatable bonds is 20. The number of nitrogens with one attached hydrogen (secondary N) is 1. The Labute approximate surface area is 499 Å². The van der Waals surface area contributed by atoms with Crippen LogP contribution < -0.4 is 47.3 Å². The summed E-state index contributed by atoms with van der Waals surface area (Å²) in [5.74, 6) is 1.03. The Morgan fingerprint density at radius 3 is 2.49 bits per heavy atom. The molecule has 2 amide bonds. The van der Waals surface area contributed by atoms with Gasteiger partial charge in [0.25, 0.3) is 5.91 Å². The van der Waals surface area contributed by atoms with E-state index in [1.54, 1.807) is 15.4 Å². The van der Waals surface area contributed by atoms with Gasteiger partial charge in [-0.05, 0) is 100.0 Å². The molecule has 86 heavy (non-hydrogen) atoms. The number of fused-ring (bicyclic) bond motifs is 5. The maximum Gasteiger partial charge on any atom is 0.407 e. The minimum absolute atomic E-state index is 0. The van der Waals surface area contributed by atoms with Crippen LogP contribution in [0.5, 0.6) is 11.5 Å². The smallest absolute Gasteiger partial charge is 0.407 e. The van der Waals surface area contributed by atoms with E-state index in [0.29, 0.717) is 67.9 Å². The second-order valence-corrected chi connectivity index (χ2v) is 24.0. The van der Waals surface area contributed by atoms with E-state index in [-0.39, 0.29) is 44.7 Å². The molecule has 10 heterocycles. The van der Waals surface area contributed by atoms with Crippen LogP contribution in [0.2, 0.25) is 0 Å². The number of carbonyl (C=O) groups excluding carboxylic acids is 2. The van der Waals surface area contributed by atoms with Crippen LogP contribution in [-0.2, 0) is 57.8 Å². The predicted octanol–water partition coefficient (Wildman–Crippen LogP) is 4.23. The number of carbonyl (C=O) groups is 3. The minimum Gasteiger partial charge on any atom is -0.480 e. The first-order chi connectivity index (χ1) is 41.5. The summed E-state index contributed by atoms with van der Waals surface area (Å²) in [5.41, 5.74) is 30.3. The molecule has 0 radical (unpaired) electrons. The zero-order chi connectivity index (χ0) is 58.3. The van der Waals surface area contributed by atoms with Crippen molar-refractivity contribution < 1.29 is 43.5 Å². The number of aliphatic hydroxyl groups excluding tert-OH is 1. The number of hydrogen-bond acceptors (Lipinski definition) is 17. The number of nitrogens with two attached hydrogens (primary N) is 3. The normalized spacial score (nSPS) is 21.2. The van der Waals surface area contributed by atoms with E-state index in [2.05, 4.69) is 64.3 Å². The van der Waals surface area contributed by atoms with Gasteiger partial charge in [0, 0.05) is 110 Å². The number of amides is 2. The molecule has 13 rings (SSSR count). The first-order valence-corrected chi connectivity index (χ1v) is 30.7. The summed E-state index contributed by atoms with van der Waals surface area (Å²) in [5, 5.41) is 34.9. The summed E-state index contributed by atoms with van der Waals surface area (Å²) in [6, 6.07) is 11.4. The topological polar surface area (TPSA) is 302 Å². The highest BCUT2D eigenvalue weighted by Gasteiger charge is 2.47. The third-order valence-electron chi connectivity index (χ3n) is 18.5. The maximum absolute atomic E-state index is 14.9. The van der Waals surface area contributed by atoms with Crippen molar-refractivity contribution in [1.29, 1.82) is 0 Å². The molecule has 0 bridgehead atoms. The van der Waals surface area contributed by atoms with Crippen molar-refractivity contribution in [2.75, 3.05) is 56.4 Å². The fourth-order valence-electron chi connectivity index (χ4n) is 14.3. The summed E-state index contributed by atoms with van der Waals surface area (Å²) >= 11 is 0. The Morgan fingerprint density at radius 2 is 1.65 bits per heavy atom. The zero-order valence-corrected chi connectivity index (χ0v) is 49.1. The molecule has 23 nitrogen and oxygen atoms in total. The SMILES string of the molecule is Nc1ncnc2c1ncn2[C@@H]1O[C@H](C[C@@H](N)CC[C@H](N)C(=O)O)[C@@H](OCc2cnnn2CCCCCCNC(=O)OC2CCN(C(=O)c3ccccc3C3=c4cc5c6c(c4Oc4c3cc3c7c4CCCN7CCC3)CCC[N+]=6CCC5)CC2)[C@H]1O.[CH3-]. The van der Waals surface area contributed by atoms with Crippen molar-refractivity contribution in [2.45, 2.75) is 165 Å². The lowest BCUT2D eigenvalue weighted by Crippen LogP contribution is -2.45. The van der Waals surface area contributed by atoms with E-state index < -0.39 is 48.7 Å². The Bertz CT molecular complexity index is 3650. The first-order valence-electron chi connectivity index (χ1n) is 30.7. The monoisotopic (exact) mass is 1180 g/mol. The molecule has 2 fully saturated rings. The van der Waals surface area contributed by atoms with Crippen LogP contribution in [0.1, 0.15) is 139 Å². The van der Waals surface area contributed by atoms with Gasteiger partial charge in [0.2, 0.25) is 5.36 Å². The van der Waals surface area contributed by atoms with Crippen LogP contribution >= 0.6 is 0 Å². The molecule has 7 aliphatic rings. The highest BCUT2D eigenvalue weighted by Crippen LogP contribution is 2.49. The van der Waals surface area contributed by atoms with Crippen molar-refractivity contribution in [3.05, 3.63) is 118 Å². The molecule has 2 saturated heterocycles. The van der Waals surface area contributed by atoms with Gasteiger partial charge in [0.05, 0.1) is 36.5 Å². The molecular weight excluding hydrogens is 1100 g/mol. The van der Waals surface area contributed by atoms with Crippen LogP contribution in [-0.4, -0.2) is 150 Å². The molecule has 0 saturated carbocycles. The quantitative estimate of drug-likeness (QED) is 0.0353. The Hall–Kier alpha value is -7.57. The maximum atomic E-state index is 14.9. The van der Waals surface area contributed by atoms with Gasteiger partial charge in [-0.2, -0.15) is 0 Å². The summed E-state index contributed by atoms with van der Waals surface area (Å²) in [7, 11) is 0. The number of carboxylic acid groups (broad SMARTS) is 1. The number of ether oxygens (including phenoxy) is 4. The molecule has 456 valence electrons. The van der Waals surface area contributed by atoms with Crippen molar-refractivity contribution in [3.63, 3.8) is 0 Å². The lowest BCUT2D eigenvalue weighted by atomic mass is 9.81. The number of carboxylic acids is 1. The number of nitrogens with zero attached hydrogens (tertiary/aromatic N) is 10. The third kappa shape index (κ3) is 11.5. The van der Waals surface area contributed by atoms with Crippen molar-refractivity contribution in [1.82, 2.24) is 49.3 Å². The lowest BCUT2D eigenvalue weighted by molar-refractivity contribution is -0.138. The molecule has 3 aromatic heterocycles. The van der Waals surface area contributed by atoms with Gasteiger partial charge in [-0.1, -0.05) is 36.3 Å². The molecule has 23 heteroatoms. The fourth-order valence-corrected chi connectivity index (χ4v) is 14.3. The second kappa shape index (κ2) is 25.4. The molecule has 6 atom stereocenters. The number of imidazole rings is 1. The van der Waals surface area contributed by atoms with E-state index in [4.69, 9.17) is 36.1 Å². The van der Waals surface area contributed by atoms with E-state index in [1.165, 1.54) is 46.0 Å². The molecule has 3 aromatic carbocycles. The highest BCUT2D eigenvalue weighted by atomic mass is 16.6. The summed E-state index contributed by atoms with van der Waals surface area (Å²) in [6.45, 7) is 6.39.